The van der Waals surface area contributed by atoms with Crippen molar-refractivity contribution < 1.29 is 4.79 Å². The van der Waals surface area contributed by atoms with E-state index in [0.717, 1.165) is 51.6 Å². The molecule has 3 heteroatoms. The van der Waals surface area contributed by atoms with E-state index in [9.17, 15) is 4.79 Å². The van der Waals surface area contributed by atoms with Gasteiger partial charge in [0.1, 0.15) is 5.78 Å². The van der Waals surface area contributed by atoms with Crippen LogP contribution in [0.5, 0.6) is 0 Å². The average Bonchev–Trinajstić information content (AvgIpc) is 3.15. The molecule has 2 aromatic rings. The van der Waals surface area contributed by atoms with E-state index in [4.69, 9.17) is 0 Å². The first-order valence-electron chi connectivity index (χ1n) is 11.0. The number of fused-ring (bicyclic) bond motifs is 1. The Morgan fingerprint density at radius 3 is 2.78 bits per heavy atom. The lowest BCUT2D eigenvalue weighted by molar-refractivity contribution is -0.124. The maximum atomic E-state index is 12.5. The Labute approximate surface area is 164 Å². The summed E-state index contributed by atoms with van der Waals surface area (Å²) >= 11 is 0. The number of ketones is 1. The molecule has 3 nitrogen and oxygen atoms in total. The highest BCUT2D eigenvalue weighted by Gasteiger charge is 2.21. The Morgan fingerprint density at radius 1 is 1.19 bits per heavy atom. The van der Waals surface area contributed by atoms with Crippen LogP contribution in [0, 0.1) is 5.92 Å². The third-order valence-corrected chi connectivity index (χ3v) is 6.21. The fraction of sp³-hybridized carbons (Fsp3) is 0.625. The van der Waals surface area contributed by atoms with Gasteiger partial charge < -0.3 is 9.88 Å². The number of carbonyl (C=O) groups is 1. The fourth-order valence-corrected chi connectivity index (χ4v) is 4.62. The first-order valence-corrected chi connectivity index (χ1v) is 11.0. The number of hydrogen-bond donors (Lipinski definition) is 1. The summed E-state index contributed by atoms with van der Waals surface area (Å²) in [5, 5.41) is 1.29. The van der Waals surface area contributed by atoms with Gasteiger partial charge in [0.25, 0.3) is 0 Å². The Hall–Kier alpha value is -1.61. The van der Waals surface area contributed by atoms with Crippen molar-refractivity contribution in [1.29, 1.82) is 0 Å². The molecular formula is C24H36N2O. The molecule has 1 N–H and O–H groups in total. The van der Waals surface area contributed by atoms with E-state index in [-0.39, 0.29) is 0 Å². The van der Waals surface area contributed by atoms with E-state index < -0.39 is 0 Å². The van der Waals surface area contributed by atoms with Crippen molar-refractivity contribution in [1.82, 2.24) is 9.88 Å². The van der Waals surface area contributed by atoms with E-state index in [0.29, 0.717) is 17.7 Å². The normalized spacial score (nSPS) is 16.9. The molecule has 1 atom stereocenters. The topological polar surface area (TPSA) is 36.1 Å². The summed E-state index contributed by atoms with van der Waals surface area (Å²) in [6, 6.07) is 9.38. The molecule has 1 aromatic carbocycles. The zero-order chi connectivity index (χ0) is 19.1. The highest BCUT2D eigenvalue weighted by Crippen LogP contribution is 2.26. The summed E-state index contributed by atoms with van der Waals surface area (Å²) in [5.41, 5.74) is 2.60. The summed E-state index contributed by atoms with van der Waals surface area (Å²) in [6.07, 6.45) is 12.1. The van der Waals surface area contributed by atoms with Gasteiger partial charge in [-0.3, -0.25) is 4.79 Å². The van der Waals surface area contributed by atoms with Crippen molar-refractivity contribution in [3.05, 3.63) is 36.0 Å². The minimum atomic E-state index is 0.365. The molecule has 0 saturated heterocycles. The molecule has 1 heterocycles. The predicted octanol–water partition coefficient (Wildman–Crippen LogP) is 5.74. The smallest absolute Gasteiger partial charge is 0.136 e. The lowest BCUT2D eigenvalue weighted by Gasteiger charge is -2.29. The van der Waals surface area contributed by atoms with E-state index in [1.165, 1.54) is 35.7 Å². The molecule has 0 aliphatic heterocycles. The third kappa shape index (κ3) is 5.68. The molecule has 0 bridgehead atoms. The predicted molar refractivity (Wildman–Crippen MR) is 114 cm³/mol. The lowest BCUT2D eigenvalue weighted by Crippen LogP contribution is -2.36. The van der Waals surface area contributed by atoms with E-state index in [2.05, 4.69) is 48.0 Å². The van der Waals surface area contributed by atoms with Gasteiger partial charge in [0.2, 0.25) is 0 Å². The summed E-state index contributed by atoms with van der Waals surface area (Å²) < 4.78 is 0. The average molecular weight is 369 g/mol. The molecule has 0 spiro atoms. The number of rotatable bonds is 10. The summed E-state index contributed by atoms with van der Waals surface area (Å²) in [4.78, 5) is 18.3. The minimum Gasteiger partial charge on any atom is -0.361 e. The molecule has 1 aromatic heterocycles. The van der Waals surface area contributed by atoms with Gasteiger partial charge in [0, 0.05) is 30.1 Å². The molecular weight excluding hydrogens is 332 g/mol. The van der Waals surface area contributed by atoms with Gasteiger partial charge in [-0.1, -0.05) is 32.3 Å². The number of Topliss-reactive ketones (excluding diaryl/α,β-unsaturated/α-hetero) is 1. The van der Waals surface area contributed by atoms with Gasteiger partial charge in [0.15, 0.2) is 0 Å². The Morgan fingerprint density at radius 2 is 2.00 bits per heavy atom. The second-order valence-corrected chi connectivity index (χ2v) is 8.39. The fourth-order valence-electron chi connectivity index (χ4n) is 4.62. The zero-order valence-electron chi connectivity index (χ0n) is 17.2. The van der Waals surface area contributed by atoms with Crippen LogP contribution >= 0.6 is 0 Å². The molecule has 3 rings (SSSR count). The van der Waals surface area contributed by atoms with Crippen LogP contribution in [0.4, 0.5) is 0 Å². The summed E-state index contributed by atoms with van der Waals surface area (Å²) in [6.45, 7) is 6.74. The Bertz CT molecular complexity index is 714. The first-order chi connectivity index (χ1) is 13.2. The second-order valence-electron chi connectivity index (χ2n) is 8.39. The molecule has 0 radical (unpaired) electrons. The van der Waals surface area contributed by atoms with E-state index in [1.807, 2.05) is 6.20 Å². The quantitative estimate of drug-likeness (QED) is 0.580. The van der Waals surface area contributed by atoms with Gasteiger partial charge in [-0.2, -0.15) is 0 Å². The van der Waals surface area contributed by atoms with Crippen molar-refractivity contribution >= 4 is 16.7 Å². The number of hydrogen-bond acceptors (Lipinski definition) is 2. The van der Waals surface area contributed by atoms with Crippen LogP contribution in [-0.4, -0.2) is 34.8 Å². The number of H-pyrrole nitrogens is 1. The third-order valence-electron chi connectivity index (χ3n) is 6.21. The van der Waals surface area contributed by atoms with Gasteiger partial charge in [-0.25, -0.2) is 0 Å². The highest BCUT2D eigenvalue weighted by molar-refractivity contribution is 5.81. The Balaban J connectivity index is 1.49. The molecule has 1 fully saturated rings. The van der Waals surface area contributed by atoms with Gasteiger partial charge >= 0.3 is 0 Å². The maximum Gasteiger partial charge on any atom is 0.136 e. The van der Waals surface area contributed by atoms with Gasteiger partial charge in [0.05, 0.1) is 0 Å². The molecule has 1 unspecified atom stereocenters. The monoisotopic (exact) mass is 368 g/mol. The van der Waals surface area contributed by atoms with Crippen LogP contribution in [-0.2, 0) is 11.2 Å². The van der Waals surface area contributed by atoms with Gasteiger partial charge in [-0.15, -0.1) is 0 Å². The van der Waals surface area contributed by atoms with Crippen LogP contribution in [0.1, 0.15) is 70.8 Å². The molecule has 1 aliphatic carbocycles. The number of nitrogens with zero attached hydrogens (tertiary/aromatic N) is 1. The molecule has 148 valence electrons. The van der Waals surface area contributed by atoms with Crippen LogP contribution in [0.2, 0.25) is 0 Å². The number of benzene rings is 1. The van der Waals surface area contributed by atoms with E-state index >= 15 is 0 Å². The number of aromatic amines is 1. The van der Waals surface area contributed by atoms with Gasteiger partial charge in [-0.05, 0) is 81.3 Å². The second kappa shape index (κ2) is 10.1. The van der Waals surface area contributed by atoms with Crippen molar-refractivity contribution in [2.75, 3.05) is 13.1 Å². The summed E-state index contributed by atoms with van der Waals surface area (Å²) in [7, 11) is 0. The number of aromatic nitrogens is 1. The van der Waals surface area contributed by atoms with Crippen molar-refractivity contribution in [3.8, 4) is 0 Å². The largest absolute Gasteiger partial charge is 0.361 e. The lowest BCUT2D eigenvalue weighted by atomic mass is 9.85. The van der Waals surface area contributed by atoms with Crippen molar-refractivity contribution in [3.63, 3.8) is 0 Å². The standard InChI is InChI=1S/C24H36N2O/c1-3-15-26(16-7-10-24(27)21-8-5-4-6-9-21)19(2)17-20-11-12-23-22(18-20)13-14-25-23/h11-14,18-19,21,25H,3-10,15-17H2,1-2H3. The number of carbonyl (C=O) groups excluding carboxylic acids is 1. The maximum absolute atomic E-state index is 12.5. The highest BCUT2D eigenvalue weighted by atomic mass is 16.1. The number of nitrogens with one attached hydrogen (secondary N) is 1. The van der Waals surface area contributed by atoms with Crippen molar-refractivity contribution in [2.24, 2.45) is 5.92 Å². The molecule has 1 aliphatic rings. The molecule has 0 amide bonds. The minimum absolute atomic E-state index is 0.365. The zero-order valence-corrected chi connectivity index (χ0v) is 17.2. The van der Waals surface area contributed by atoms with Crippen LogP contribution in [0.25, 0.3) is 10.9 Å². The SMILES string of the molecule is CCCN(CCCC(=O)C1CCCCC1)C(C)Cc1ccc2[nH]ccc2c1. The summed E-state index contributed by atoms with van der Waals surface area (Å²) in [5.74, 6) is 0.889. The van der Waals surface area contributed by atoms with Crippen molar-refractivity contribution in [2.45, 2.75) is 77.7 Å². The van der Waals surface area contributed by atoms with E-state index in [1.54, 1.807) is 0 Å². The van der Waals surface area contributed by atoms with Crippen LogP contribution < -0.4 is 0 Å². The molecule has 27 heavy (non-hydrogen) atoms. The van der Waals surface area contributed by atoms with Crippen LogP contribution in [0.3, 0.4) is 0 Å². The first kappa shape index (κ1) is 20.1. The van der Waals surface area contributed by atoms with Crippen LogP contribution in [0.15, 0.2) is 30.5 Å². The molecule has 1 saturated carbocycles. The Kier molecular flexibility index (Phi) is 7.51.